The molecule has 0 atom stereocenters. The van der Waals surface area contributed by atoms with Gasteiger partial charge in [-0.05, 0) is 36.4 Å². The summed E-state index contributed by atoms with van der Waals surface area (Å²) in [7, 11) is 0. The zero-order valence-electron chi connectivity index (χ0n) is 11.3. The molecule has 0 bridgehead atoms. The molecule has 0 fully saturated rings. The van der Waals surface area contributed by atoms with Crippen LogP contribution in [0.15, 0.2) is 48.7 Å². The minimum atomic E-state index is -1.07. The molecule has 1 heterocycles. The number of carboxylic acid groups (broad SMARTS) is 1. The second kappa shape index (κ2) is 5.33. The Morgan fingerprint density at radius 1 is 1.14 bits per heavy atom. The Hall–Kier alpha value is -3.15. The van der Waals surface area contributed by atoms with Crippen molar-refractivity contribution < 1.29 is 19.1 Å². The number of carbonyl (C=O) groups is 2. The normalized spacial score (nSPS) is 10.6. The van der Waals surface area contributed by atoms with Crippen LogP contribution in [0.25, 0.3) is 10.9 Å². The van der Waals surface area contributed by atoms with E-state index in [-0.39, 0.29) is 5.56 Å². The molecular formula is C16H11FN2O3. The summed E-state index contributed by atoms with van der Waals surface area (Å²) >= 11 is 0. The smallest absolute Gasteiger partial charge is 0.335 e. The quantitative estimate of drug-likeness (QED) is 0.694. The summed E-state index contributed by atoms with van der Waals surface area (Å²) in [4.78, 5) is 26.0. The zero-order valence-corrected chi connectivity index (χ0v) is 11.3. The fourth-order valence-corrected chi connectivity index (χ4v) is 2.21. The Morgan fingerprint density at radius 2 is 1.95 bits per heavy atom. The number of amides is 1. The largest absolute Gasteiger partial charge is 0.478 e. The average Bonchev–Trinajstić information content (AvgIpc) is 2.90. The number of aromatic nitrogens is 1. The van der Waals surface area contributed by atoms with Gasteiger partial charge < -0.3 is 15.4 Å². The topological polar surface area (TPSA) is 82.2 Å². The van der Waals surface area contributed by atoms with Gasteiger partial charge in [0.15, 0.2) is 0 Å². The highest BCUT2D eigenvalue weighted by Crippen LogP contribution is 2.21. The van der Waals surface area contributed by atoms with Gasteiger partial charge in [-0.25, -0.2) is 9.18 Å². The molecule has 5 nitrogen and oxygen atoms in total. The highest BCUT2D eigenvalue weighted by atomic mass is 19.1. The van der Waals surface area contributed by atoms with Crippen molar-refractivity contribution in [3.63, 3.8) is 0 Å². The van der Waals surface area contributed by atoms with E-state index in [1.807, 2.05) is 0 Å². The van der Waals surface area contributed by atoms with Crippen molar-refractivity contribution in [1.29, 1.82) is 0 Å². The number of anilines is 1. The first-order valence-corrected chi connectivity index (χ1v) is 6.46. The van der Waals surface area contributed by atoms with Crippen LogP contribution in [0.3, 0.4) is 0 Å². The van der Waals surface area contributed by atoms with Gasteiger partial charge in [0.05, 0.1) is 11.1 Å². The predicted octanol–water partition coefficient (Wildman–Crippen LogP) is 3.26. The molecule has 0 aliphatic carbocycles. The third kappa shape index (κ3) is 2.54. The lowest BCUT2D eigenvalue weighted by Crippen LogP contribution is -2.12. The number of hydrogen-bond acceptors (Lipinski definition) is 2. The summed E-state index contributed by atoms with van der Waals surface area (Å²) in [5.74, 6) is -1.87. The first kappa shape index (κ1) is 13.8. The number of rotatable bonds is 3. The van der Waals surface area contributed by atoms with E-state index in [9.17, 15) is 14.0 Å². The van der Waals surface area contributed by atoms with Crippen molar-refractivity contribution in [3.05, 3.63) is 65.6 Å². The Kier molecular flexibility index (Phi) is 3.34. The molecule has 22 heavy (non-hydrogen) atoms. The standard InChI is InChI=1S/C16H11FN2O3/c17-10-4-5-12-13(8-18-14(12)7-10)15(20)19-11-3-1-2-9(6-11)16(21)22/h1-8,18H,(H,19,20)(H,21,22). The predicted molar refractivity (Wildman–Crippen MR) is 79.6 cm³/mol. The van der Waals surface area contributed by atoms with Gasteiger partial charge in [0, 0.05) is 22.8 Å². The van der Waals surface area contributed by atoms with Crippen molar-refractivity contribution in [3.8, 4) is 0 Å². The second-order valence-electron chi connectivity index (χ2n) is 4.73. The van der Waals surface area contributed by atoms with Crippen LogP contribution in [0.4, 0.5) is 10.1 Å². The van der Waals surface area contributed by atoms with Crippen LogP contribution >= 0.6 is 0 Å². The molecule has 0 radical (unpaired) electrons. The van der Waals surface area contributed by atoms with Gasteiger partial charge in [0.1, 0.15) is 5.82 Å². The number of aromatic carboxylic acids is 1. The Morgan fingerprint density at radius 3 is 2.73 bits per heavy atom. The van der Waals surface area contributed by atoms with Crippen LogP contribution in [0.5, 0.6) is 0 Å². The van der Waals surface area contributed by atoms with Gasteiger partial charge >= 0.3 is 5.97 Å². The van der Waals surface area contributed by atoms with Crippen molar-refractivity contribution in [1.82, 2.24) is 4.98 Å². The molecule has 3 aromatic rings. The van der Waals surface area contributed by atoms with Crippen LogP contribution in [-0.2, 0) is 0 Å². The molecule has 0 saturated heterocycles. The number of carbonyl (C=O) groups excluding carboxylic acids is 1. The third-order valence-corrected chi connectivity index (χ3v) is 3.26. The molecule has 0 unspecified atom stereocenters. The first-order chi connectivity index (χ1) is 10.5. The molecule has 0 aliphatic heterocycles. The number of nitrogens with one attached hydrogen (secondary N) is 2. The number of aromatic amines is 1. The maximum absolute atomic E-state index is 13.1. The first-order valence-electron chi connectivity index (χ1n) is 6.46. The van der Waals surface area contributed by atoms with Gasteiger partial charge in [-0.15, -0.1) is 0 Å². The monoisotopic (exact) mass is 298 g/mol. The Balaban J connectivity index is 1.90. The highest BCUT2D eigenvalue weighted by Gasteiger charge is 2.13. The lowest BCUT2D eigenvalue weighted by atomic mass is 10.1. The number of fused-ring (bicyclic) bond motifs is 1. The summed E-state index contributed by atoms with van der Waals surface area (Å²) in [5, 5.41) is 12.2. The molecule has 0 saturated carbocycles. The molecule has 1 aromatic heterocycles. The van der Waals surface area contributed by atoms with E-state index in [1.54, 1.807) is 12.1 Å². The lowest BCUT2D eigenvalue weighted by Gasteiger charge is -2.05. The number of benzene rings is 2. The van der Waals surface area contributed by atoms with E-state index >= 15 is 0 Å². The van der Waals surface area contributed by atoms with Gasteiger partial charge in [-0.3, -0.25) is 4.79 Å². The SMILES string of the molecule is O=C(O)c1cccc(NC(=O)c2c[nH]c3cc(F)ccc23)c1. The summed E-state index contributed by atoms with van der Waals surface area (Å²) in [6, 6.07) is 10.0. The van der Waals surface area contributed by atoms with Crippen molar-refractivity contribution in [2.24, 2.45) is 0 Å². The Bertz CT molecular complexity index is 886. The average molecular weight is 298 g/mol. The summed E-state index contributed by atoms with van der Waals surface area (Å²) in [6.45, 7) is 0. The van der Waals surface area contributed by atoms with Crippen molar-refractivity contribution in [2.75, 3.05) is 5.32 Å². The summed E-state index contributed by atoms with van der Waals surface area (Å²) in [5.41, 5.74) is 1.33. The van der Waals surface area contributed by atoms with E-state index in [4.69, 9.17) is 5.11 Å². The molecule has 3 N–H and O–H groups in total. The lowest BCUT2D eigenvalue weighted by molar-refractivity contribution is 0.0696. The molecule has 3 rings (SSSR count). The Labute approximate surface area is 124 Å². The van der Waals surface area contributed by atoms with Crippen LogP contribution in [0.2, 0.25) is 0 Å². The second-order valence-corrected chi connectivity index (χ2v) is 4.73. The minimum Gasteiger partial charge on any atom is -0.478 e. The van der Waals surface area contributed by atoms with Gasteiger partial charge in [-0.2, -0.15) is 0 Å². The van der Waals surface area contributed by atoms with Gasteiger partial charge in [-0.1, -0.05) is 6.07 Å². The highest BCUT2D eigenvalue weighted by molar-refractivity contribution is 6.13. The maximum atomic E-state index is 13.1. The maximum Gasteiger partial charge on any atom is 0.335 e. The van der Waals surface area contributed by atoms with Crippen LogP contribution in [0, 0.1) is 5.82 Å². The third-order valence-electron chi connectivity index (χ3n) is 3.26. The fourth-order valence-electron chi connectivity index (χ4n) is 2.21. The van der Waals surface area contributed by atoms with E-state index in [0.29, 0.717) is 22.2 Å². The molecule has 0 aliphatic rings. The number of H-pyrrole nitrogens is 1. The molecular weight excluding hydrogens is 287 g/mol. The van der Waals surface area contributed by atoms with Crippen molar-refractivity contribution in [2.45, 2.75) is 0 Å². The van der Waals surface area contributed by atoms with Crippen LogP contribution in [-0.4, -0.2) is 22.0 Å². The number of carboxylic acids is 1. The minimum absolute atomic E-state index is 0.0822. The molecule has 1 amide bonds. The molecule has 2 aromatic carbocycles. The molecule has 0 spiro atoms. The number of hydrogen-bond donors (Lipinski definition) is 3. The van der Waals surface area contributed by atoms with Gasteiger partial charge in [0.25, 0.3) is 5.91 Å². The van der Waals surface area contributed by atoms with Crippen LogP contribution in [0.1, 0.15) is 20.7 Å². The van der Waals surface area contributed by atoms with Crippen molar-refractivity contribution >= 4 is 28.5 Å². The number of halogens is 1. The van der Waals surface area contributed by atoms with Crippen LogP contribution < -0.4 is 5.32 Å². The van der Waals surface area contributed by atoms with Gasteiger partial charge in [0.2, 0.25) is 0 Å². The summed E-state index contributed by atoms with van der Waals surface area (Å²) in [6.07, 6.45) is 1.49. The van der Waals surface area contributed by atoms with E-state index in [2.05, 4.69) is 10.3 Å². The fraction of sp³-hybridized carbons (Fsp3) is 0. The molecule has 110 valence electrons. The zero-order chi connectivity index (χ0) is 15.7. The van der Waals surface area contributed by atoms with E-state index in [0.717, 1.165) is 0 Å². The summed E-state index contributed by atoms with van der Waals surface area (Å²) < 4.78 is 13.1. The molecule has 6 heteroatoms. The van der Waals surface area contributed by atoms with E-state index < -0.39 is 17.7 Å². The van der Waals surface area contributed by atoms with E-state index in [1.165, 1.54) is 36.5 Å².